The molecule has 0 unspecified atom stereocenters. The molecule has 1 saturated carbocycles. The van der Waals surface area contributed by atoms with Crippen LogP contribution in [0.4, 0.5) is 8.78 Å². The number of benzene rings is 2. The lowest BCUT2D eigenvalue weighted by Crippen LogP contribution is -2.10. The van der Waals surface area contributed by atoms with Crippen LogP contribution in [-0.4, -0.2) is 5.11 Å². The molecule has 1 aliphatic rings. The van der Waals surface area contributed by atoms with Crippen molar-refractivity contribution in [2.75, 3.05) is 0 Å². The summed E-state index contributed by atoms with van der Waals surface area (Å²) in [6.07, 6.45) is 5.00. The Bertz CT molecular complexity index is 776. The van der Waals surface area contributed by atoms with Gasteiger partial charge in [-0.25, -0.2) is 4.39 Å². The number of aromatic hydroxyl groups is 1. The van der Waals surface area contributed by atoms with Crippen LogP contribution in [0.15, 0.2) is 36.4 Å². The van der Waals surface area contributed by atoms with E-state index in [9.17, 15) is 8.78 Å². The van der Waals surface area contributed by atoms with Gasteiger partial charge >= 0.3 is 0 Å². The highest BCUT2D eigenvalue weighted by atomic mass is 19.2. The van der Waals surface area contributed by atoms with Crippen molar-refractivity contribution < 1.29 is 13.9 Å². The van der Waals surface area contributed by atoms with Crippen LogP contribution in [-0.2, 0) is 0 Å². The highest BCUT2D eigenvalue weighted by molar-refractivity contribution is 5.46. The van der Waals surface area contributed by atoms with E-state index in [2.05, 4.69) is 30.9 Å². The van der Waals surface area contributed by atoms with Crippen LogP contribution in [0.25, 0.3) is 0 Å². The fourth-order valence-corrected chi connectivity index (χ4v) is 3.21. The van der Waals surface area contributed by atoms with E-state index in [1.807, 2.05) is 12.1 Å². The van der Waals surface area contributed by atoms with Crippen molar-refractivity contribution >= 4 is 0 Å². The zero-order valence-electron chi connectivity index (χ0n) is 13.7. The second-order valence-electron chi connectivity index (χ2n) is 6.59. The van der Waals surface area contributed by atoms with Crippen molar-refractivity contribution in [1.29, 1.82) is 0 Å². The monoisotopic (exact) mass is 326 g/mol. The third-order valence-electron chi connectivity index (χ3n) is 4.80. The van der Waals surface area contributed by atoms with E-state index in [1.165, 1.54) is 37.3 Å². The van der Waals surface area contributed by atoms with Gasteiger partial charge in [0.25, 0.3) is 0 Å². The Morgan fingerprint density at radius 3 is 2.21 bits per heavy atom. The minimum Gasteiger partial charge on any atom is -0.505 e. The number of phenolic OH excluding ortho intramolecular Hbond substituents is 1. The third kappa shape index (κ3) is 3.59. The molecular weight excluding hydrogens is 306 g/mol. The molecule has 3 heteroatoms. The lowest BCUT2D eigenvalue weighted by Gasteiger charge is -2.26. The first-order chi connectivity index (χ1) is 11.5. The van der Waals surface area contributed by atoms with E-state index in [4.69, 9.17) is 5.11 Å². The number of hydrogen-bond donors (Lipinski definition) is 1. The van der Waals surface area contributed by atoms with E-state index in [-0.39, 0.29) is 5.56 Å². The average molecular weight is 326 g/mol. The van der Waals surface area contributed by atoms with Gasteiger partial charge in [-0.2, -0.15) is 4.39 Å². The second-order valence-corrected chi connectivity index (χ2v) is 6.59. The summed E-state index contributed by atoms with van der Waals surface area (Å²) in [7, 11) is 0. The minimum absolute atomic E-state index is 0.0596. The summed E-state index contributed by atoms with van der Waals surface area (Å²) in [6, 6.07) is 10.4. The van der Waals surface area contributed by atoms with Gasteiger partial charge < -0.3 is 5.11 Å². The van der Waals surface area contributed by atoms with Crippen molar-refractivity contribution in [3.05, 3.63) is 64.7 Å². The first kappa shape index (κ1) is 16.5. The van der Waals surface area contributed by atoms with Gasteiger partial charge in [0, 0.05) is 5.56 Å². The van der Waals surface area contributed by atoms with Crippen LogP contribution in [0.1, 0.15) is 55.2 Å². The number of hydrogen-bond acceptors (Lipinski definition) is 1. The smallest absolute Gasteiger partial charge is 0.201 e. The summed E-state index contributed by atoms with van der Waals surface area (Å²) in [5, 5.41) is 9.12. The SMILES string of the molecule is CC1CCC(c2ccc(C#Cc3ccc(O)c(F)c3F)cc2)CC1. The number of halogens is 2. The fourth-order valence-electron chi connectivity index (χ4n) is 3.21. The van der Waals surface area contributed by atoms with E-state index < -0.39 is 17.4 Å². The first-order valence-electron chi connectivity index (χ1n) is 8.33. The quantitative estimate of drug-likeness (QED) is 0.699. The highest BCUT2D eigenvalue weighted by Gasteiger charge is 2.19. The van der Waals surface area contributed by atoms with Crippen molar-refractivity contribution in [2.45, 2.75) is 38.5 Å². The summed E-state index contributed by atoms with van der Waals surface area (Å²) in [5.41, 5.74) is 2.03. The summed E-state index contributed by atoms with van der Waals surface area (Å²) >= 11 is 0. The van der Waals surface area contributed by atoms with Gasteiger partial charge in [-0.3, -0.25) is 0 Å². The maximum absolute atomic E-state index is 13.7. The lowest BCUT2D eigenvalue weighted by molar-refractivity contribution is 0.348. The molecular formula is C21H20F2O. The second kappa shape index (κ2) is 7.05. The molecule has 1 fully saturated rings. The Morgan fingerprint density at radius 2 is 1.54 bits per heavy atom. The molecule has 1 nitrogen and oxygen atoms in total. The predicted molar refractivity (Wildman–Crippen MR) is 90.8 cm³/mol. The van der Waals surface area contributed by atoms with Crippen LogP contribution >= 0.6 is 0 Å². The third-order valence-corrected chi connectivity index (χ3v) is 4.80. The van der Waals surface area contributed by atoms with Gasteiger partial charge in [-0.1, -0.05) is 43.7 Å². The Labute approximate surface area is 141 Å². The Hall–Kier alpha value is -2.34. The zero-order chi connectivity index (χ0) is 17.1. The van der Waals surface area contributed by atoms with Crippen LogP contribution in [0.5, 0.6) is 5.75 Å². The van der Waals surface area contributed by atoms with Crippen molar-refractivity contribution in [3.8, 4) is 17.6 Å². The maximum Gasteiger partial charge on any atom is 0.201 e. The number of phenols is 1. The van der Waals surface area contributed by atoms with Crippen molar-refractivity contribution in [1.82, 2.24) is 0 Å². The normalized spacial score (nSPS) is 20.3. The standard InChI is InChI=1S/C21H20F2O/c1-14-2-7-16(8-3-14)17-9-4-15(5-10-17)6-11-18-12-13-19(24)21(23)20(18)22/h4-5,9-10,12-14,16,24H,2-3,7-8H2,1H3. The summed E-state index contributed by atoms with van der Waals surface area (Å²) in [6.45, 7) is 2.31. The highest BCUT2D eigenvalue weighted by Crippen LogP contribution is 2.35. The Balaban J connectivity index is 1.75. The summed E-state index contributed by atoms with van der Waals surface area (Å²) in [5.74, 6) is 3.84. The first-order valence-corrected chi connectivity index (χ1v) is 8.33. The van der Waals surface area contributed by atoms with E-state index in [0.29, 0.717) is 5.92 Å². The molecule has 0 radical (unpaired) electrons. The summed E-state index contributed by atoms with van der Waals surface area (Å²) < 4.78 is 27.0. The minimum atomic E-state index is -1.26. The molecule has 2 aromatic rings. The molecule has 24 heavy (non-hydrogen) atoms. The molecule has 1 aliphatic carbocycles. The van der Waals surface area contributed by atoms with Crippen molar-refractivity contribution in [2.24, 2.45) is 5.92 Å². The van der Waals surface area contributed by atoms with Gasteiger partial charge in [0.15, 0.2) is 11.6 Å². The Morgan fingerprint density at radius 1 is 0.875 bits per heavy atom. The largest absolute Gasteiger partial charge is 0.505 e. The molecule has 0 aromatic heterocycles. The van der Waals surface area contributed by atoms with Crippen LogP contribution in [0.3, 0.4) is 0 Å². The van der Waals surface area contributed by atoms with Gasteiger partial charge in [0.05, 0.1) is 5.56 Å². The van der Waals surface area contributed by atoms with E-state index in [0.717, 1.165) is 17.5 Å². The maximum atomic E-state index is 13.7. The molecule has 1 N–H and O–H groups in total. The molecule has 3 rings (SSSR count). The van der Waals surface area contributed by atoms with Gasteiger partial charge in [0.1, 0.15) is 0 Å². The Kier molecular flexibility index (Phi) is 4.85. The molecule has 0 saturated heterocycles. The van der Waals surface area contributed by atoms with Gasteiger partial charge in [-0.15, -0.1) is 0 Å². The summed E-state index contributed by atoms with van der Waals surface area (Å²) in [4.78, 5) is 0. The molecule has 0 heterocycles. The molecule has 0 atom stereocenters. The molecule has 2 aromatic carbocycles. The molecule has 0 amide bonds. The van der Waals surface area contributed by atoms with E-state index in [1.54, 1.807) is 0 Å². The zero-order valence-corrected chi connectivity index (χ0v) is 13.7. The topological polar surface area (TPSA) is 20.2 Å². The van der Waals surface area contributed by atoms with Gasteiger partial charge in [0.2, 0.25) is 5.82 Å². The van der Waals surface area contributed by atoms with Crippen LogP contribution in [0, 0.1) is 29.4 Å². The molecule has 0 aliphatic heterocycles. The van der Waals surface area contributed by atoms with Gasteiger partial charge in [-0.05, 0) is 54.5 Å². The van der Waals surface area contributed by atoms with Crippen LogP contribution in [0.2, 0.25) is 0 Å². The predicted octanol–water partition coefficient (Wildman–Crippen LogP) is 5.36. The molecule has 0 spiro atoms. The average Bonchev–Trinajstić information content (AvgIpc) is 2.60. The van der Waals surface area contributed by atoms with Crippen LogP contribution < -0.4 is 0 Å². The fraction of sp³-hybridized carbons (Fsp3) is 0.333. The lowest BCUT2D eigenvalue weighted by atomic mass is 9.79. The van der Waals surface area contributed by atoms with E-state index >= 15 is 0 Å². The molecule has 124 valence electrons. The molecule has 0 bridgehead atoms. The number of rotatable bonds is 1. The van der Waals surface area contributed by atoms with Crippen molar-refractivity contribution in [3.63, 3.8) is 0 Å².